The van der Waals surface area contributed by atoms with Crippen molar-refractivity contribution in [2.45, 2.75) is 19.3 Å². The Balaban J connectivity index is 1.35. The topological polar surface area (TPSA) is 110 Å². The maximum absolute atomic E-state index is 13.0. The van der Waals surface area contributed by atoms with Crippen molar-refractivity contribution in [3.05, 3.63) is 30.6 Å². The second-order valence-corrected chi connectivity index (χ2v) is 9.85. The summed E-state index contributed by atoms with van der Waals surface area (Å²) in [5.74, 6) is 1.43. The summed E-state index contributed by atoms with van der Waals surface area (Å²) in [7, 11) is -1.78. The van der Waals surface area contributed by atoms with Crippen LogP contribution in [0.2, 0.25) is 0 Å². The third-order valence-corrected chi connectivity index (χ3v) is 8.08. The molecule has 5 rings (SSSR count). The van der Waals surface area contributed by atoms with Gasteiger partial charge in [0.2, 0.25) is 0 Å². The van der Waals surface area contributed by atoms with Gasteiger partial charge in [-0.2, -0.15) is 21.7 Å². The number of piperazine rings is 1. The van der Waals surface area contributed by atoms with Gasteiger partial charge in [-0.25, -0.2) is 9.97 Å². The Kier molecular flexibility index (Phi) is 5.66. The van der Waals surface area contributed by atoms with Crippen molar-refractivity contribution in [1.29, 1.82) is 0 Å². The number of piperidine rings is 1. The molecule has 12 heteroatoms. The van der Waals surface area contributed by atoms with Crippen LogP contribution in [-0.2, 0) is 10.2 Å². The van der Waals surface area contributed by atoms with Gasteiger partial charge in [-0.1, -0.05) is 11.6 Å². The Labute approximate surface area is 186 Å². The van der Waals surface area contributed by atoms with E-state index in [-0.39, 0.29) is 0 Å². The molecule has 2 aliphatic heterocycles. The maximum Gasteiger partial charge on any atom is 0.282 e. The number of fused-ring (bicyclic) bond motifs is 1. The molecular formula is C20H26N8O3S. The number of methoxy groups -OCH3 is 1. The first-order valence-corrected chi connectivity index (χ1v) is 12.2. The Morgan fingerprint density at radius 3 is 2.25 bits per heavy atom. The van der Waals surface area contributed by atoms with Gasteiger partial charge in [0.05, 0.1) is 12.8 Å². The van der Waals surface area contributed by atoms with E-state index in [0.717, 1.165) is 30.7 Å². The second kappa shape index (κ2) is 8.60. The van der Waals surface area contributed by atoms with Crippen LogP contribution in [0.5, 0.6) is 5.75 Å². The van der Waals surface area contributed by atoms with Gasteiger partial charge in [-0.05, 0) is 37.1 Å². The number of ether oxygens (including phenoxy) is 1. The largest absolute Gasteiger partial charge is 0.497 e. The molecule has 0 spiro atoms. The van der Waals surface area contributed by atoms with Crippen LogP contribution in [-0.4, -0.2) is 88.4 Å². The highest BCUT2D eigenvalue weighted by atomic mass is 32.2. The summed E-state index contributed by atoms with van der Waals surface area (Å²) in [6.07, 6.45) is 4.46. The Morgan fingerprint density at radius 2 is 1.56 bits per heavy atom. The molecule has 0 aliphatic carbocycles. The lowest BCUT2D eigenvalue weighted by atomic mass is 10.2. The molecule has 2 aliphatic rings. The quantitative estimate of drug-likeness (QED) is 0.559. The van der Waals surface area contributed by atoms with Gasteiger partial charge in [0.25, 0.3) is 10.2 Å². The zero-order valence-corrected chi connectivity index (χ0v) is 18.8. The summed E-state index contributed by atoms with van der Waals surface area (Å²) in [5.41, 5.74) is 2.01. The van der Waals surface area contributed by atoms with E-state index in [1.54, 1.807) is 20.4 Å². The van der Waals surface area contributed by atoms with Crippen molar-refractivity contribution in [3.63, 3.8) is 0 Å². The minimum Gasteiger partial charge on any atom is -0.497 e. The lowest BCUT2D eigenvalue weighted by Gasteiger charge is -2.38. The Hall–Kier alpha value is -2.83. The molecule has 0 radical (unpaired) electrons. The van der Waals surface area contributed by atoms with Gasteiger partial charge in [0.1, 0.15) is 12.1 Å². The Morgan fingerprint density at radius 1 is 0.875 bits per heavy atom. The molecule has 32 heavy (non-hydrogen) atoms. The molecular weight excluding hydrogens is 432 g/mol. The van der Waals surface area contributed by atoms with E-state index in [0.29, 0.717) is 56.3 Å². The summed E-state index contributed by atoms with van der Waals surface area (Å²) in [6, 6.07) is 7.48. The fraction of sp³-hybridized carbons (Fsp3) is 0.500. The van der Waals surface area contributed by atoms with Gasteiger partial charge in [0, 0.05) is 39.3 Å². The first kappa shape index (κ1) is 21.0. The third-order valence-electron chi connectivity index (χ3n) is 6.04. The van der Waals surface area contributed by atoms with E-state index in [1.807, 2.05) is 24.3 Å². The standard InChI is InChI=1S/C20H26N8O3S/c1-31-17-7-5-16(6-8-17)28-20-18(23-24-28)19(21-15-22-20)25-11-13-27(14-12-25)32(29,30)26-9-3-2-4-10-26/h5-8,15H,2-4,9-14H2,1H3. The summed E-state index contributed by atoms with van der Waals surface area (Å²) < 4.78 is 36.0. The minimum atomic E-state index is -3.41. The third kappa shape index (κ3) is 3.78. The van der Waals surface area contributed by atoms with E-state index in [1.165, 1.54) is 6.33 Å². The highest BCUT2D eigenvalue weighted by Gasteiger charge is 2.33. The molecule has 11 nitrogen and oxygen atoms in total. The second-order valence-electron chi connectivity index (χ2n) is 7.92. The molecule has 2 fully saturated rings. The minimum absolute atomic E-state index is 0.414. The van der Waals surface area contributed by atoms with Crippen LogP contribution in [0.15, 0.2) is 30.6 Å². The van der Waals surface area contributed by atoms with Crippen LogP contribution < -0.4 is 9.64 Å². The van der Waals surface area contributed by atoms with Crippen molar-refractivity contribution in [1.82, 2.24) is 33.6 Å². The SMILES string of the molecule is COc1ccc(-n2nnc3c(N4CCN(S(=O)(=O)N5CCCCC5)CC4)ncnc32)cc1. The molecule has 1 aromatic carbocycles. The molecule has 0 unspecified atom stereocenters. The predicted molar refractivity (Wildman–Crippen MR) is 119 cm³/mol. The van der Waals surface area contributed by atoms with Crippen molar-refractivity contribution >= 4 is 27.2 Å². The van der Waals surface area contributed by atoms with E-state index in [4.69, 9.17) is 4.74 Å². The molecule has 0 atom stereocenters. The monoisotopic (exact) mass is 458 g/mol. The molecule has 2 saturated heterocycles. The highest BCUT2D eigenvalue weighted by Crippen LogP contribution is 2.25. The number of aromatic nitrogens is 5. The van der Waals surface area contributed by atoms with Crippen LogP contribution in [0.1, 0.15) is 19.3 Å². The zero-order valence-electron chi connectivity index (χ0n) is 18.0. The van der Waals surface area contributed by atoms with E-state index in [2.05, 4.69) is 25.2 Å². The number of rotatable bonds is 5. The molecule has 170 valence electrons. The molecule has 0 amide bonds. The molecule has 3 aromatic rings. The summed E-state index contributed by atoms with van der Waals surface area (Å²) in [5, 5.41) is 8.60. The predicted octanol–water partition coefficient (Wildman–Crippen LogP) is 1.07. The van der Waals surface area contributed by atoms with Gasteiger partial charge < -0.3 is 9.64 Å². The van der Waals surface area contributed by atoms with Crippen molar-refractivity contribution in [3.8, 4) is 11.4 Å². The first-order valence-electron chi connectivity index (χ1n) is 10.8. The van der Waals surface area contributed by atoms with Gasteiger partial charge >= 0.3 is 0 Å². The zero-order chi connectivity index (χ0) is 22.1. The van der Waals surface area contributed by atoms with Crippen molar-refractivity contribution in [2.75, 3.05) is 51.3 Å². The van der Waals surface area contributed by atoms with E-state index < -0.39 is 10.2 Å². The number of anilines is 1. The maximum atomic E-state index is 13.0. The average molecular weight is 459 g/mol. The summed E-state index contributed by atoms with van der Waals surface area (Å²) in [4.78, 5) is 10.9. The van der Waals surface area contributed by atoms with E-state index in [9.17, 15) is 8.42 Å². The fourth-order valence-electron chi connectivity index (χ4n) is 4.26. The lowest BCUT2D eigenvalue weighted by Crippen LogP contribution is -2.54. The summed E-state index contributed by atoms with van der Waals surface area (Å²) >= 11 is 0. The van der Waals surface area contributed by atoms with Crippen LogP contribution in [0, 0.1) is 0 Å². The van der Waals surface area contributed by atoms with Crippen LogP contribution in [0.25, 0.3) is 16.9 Å². The Bertz CT molecular complexity index is 1180. The van der Waals surface area contributed by atoms with Gasteiger partial charge in [-0.3, -0.25) is 0 Å². The van der Waals surface area contributed by atoms with Crippen LogP contribution in [0.3, 0.4) is 0 Å². The summed E-state index contributed by atoms with van der Waals surface area (Å²) in [6.45, 7) is 3.13. The number of hydrogen-bond donors (Lipinski definition) is 0. The van der Waals surface area contributed by atoms with Crippen molar-refractivity contribution in [2.24, 2.45) is 0 Å². The molecule has 0 N–H and O–H groups in total. The molecule has 2 aromatic heterocycles. The fourth-order valence-corrected chi connectivity index (χ4v) is 5.93. The average Bonchev–Trinajstić information content (AvgIpc) is 3.29. The highest BCUT2D eigenvalue weighted by molar-refractivity contribution is 7.86. The number of hydrogen-bond acceptors (Lipinski definition) is 8. The smallest absolute Gasteiger partial charge is 0.282 e. The van der Waals surface area contributed by atoms with Gasteiger partial charge in [-0.15, -0.1) is 5.10 Å². The van der Waals surface area contributed by atoms with E-state index >= 15 is 0 Å². The van der Waals surface area contributed by atoms with Crippen LogP contribution >= 0.6 is 0 Å². The molecule has 0 bridgehead atoms. The number of nitrogens with zero attached hydrogens (tertiary/aromatic N) is 8. The number of benzene rings is 1. The normalized spacial score (nSPS) is 18.8. The molecule has 4 heterocycles. The first-order chi connectivity index (χ1) is 15.6. The van der Waals surface area contributed by atoms with Gasteiger partial charge in [0.15, 0.2) is 17.0 Å². The lowest BCUT2D eigenvalue weighted by molar-refractivity contribution is 0.295. The van der Waals surface area contributed by atoms with Crippen molar-refractivity contribution < 1.29 is 13.2 Å². The molecule has 0 saturated carbocycles. The van der Waals surface area contributed by atoms with Crippen LogP contribution in [0.4, 0.5) is 5.82 Å².